The maximum absolute atomic E-state index is 11.6. The molecule has 1 aliphatic rings. The van der Waals surface area contributed by atoms with E-state index in [9.17, 15) is 4.79 Å². The average Bonchev–Trinajstić information content (AvgIpc) is 2.71. The van der Waals surface area contributed by atoms with Gasteiger partial charge in [0.05, 0.1) is 5.54 Å². The van der Waals surface area contributed by atoms with Gasteiger partial charge in [-0.1, -0.05) is 13.8 Å². The lowest BCUT2D eigenvalue weighted by atomic mass is 9.94. The zero-order valence-corrected chi connectivity index (χ0v) is 13.0. The van der Waals surface area contributed by atoms with Crippen molar-refractivity contribution in [3.63, 3.8) is 0 Å². The first-order chi connectivity index (χ1) is 8.94. The highest BCUT2D eigenvalue weighted by Crippen LogP contribution is 2.26. The fraction of sp³-hybridized carbons (Fsp3) is 0.933. The van der Waals surface area contributed by atoms with Crippen molar-refractivity contribution in [2.45, 2.75) is 77.4 Å². The summed E-state index contributed by atoms with van der Waals surface area (Å²) in [5.41, 5.74) is 4.96. The lowest BCUT2D eigenvalue weighted by Gasteiger charge is -2.31. The maximum atomic E-state index is 11.6. The summed E-state index contributed by atoms with van der Waals surface area (Å²) >= 11 is 0. The molecule has 4 nitrogen and oxygen atoms in total. The van der Waals surface area contributed by atoms with Crippen molar-refractivity contribution in [2.24, 2.45) is 5.73 Å². The van der Waals surface area contributed by atoms with Crippen LogP contribution >= 0.6 is 0 Å². The van der Waals surface area contributed by atoms with E-state index < -0.39 is 5.54 Å². The standard InChI is InChI=1S/C15H31N3O/c1-5-13-9-8-12(3)18(13)11-7-10-15(4,14(16)19)17-6-2/h12-13,17H,5-11H2,1-4H3,(H2,16,19). The number of likely N-dealkylation sites (tertiary alicyclic amines) is 1. The van der Waals surface area contributed by atoms with E-state index >= 15 is 0 Å². The molecule has 1 aliphatic heterocycles. The normalized spacial score (nSPS) is 27.4. The number of likely N-dealkylation sites (N-methyl/N-ethyl adjacent to an activating group) is 1. The molecular weight excluding hydrogens is 238 g/mol. The van der Waals surface area contributed by atoms with Gasteiger partial charge in [0.1, 0.15) is 0 Å². The van der Waals surface area contributed by atoms with Crippen LogP contribution in [0.1, 0.15) is 59.8 Å². The minimum atomic E-state index is -0.556. The fourth-order valence-corrected chi connectivity index (χ4v) is 3.27. The van der Waals surface area contributed by atoms with Crippen LogP contribution in [0.25, 0.3) is 0 Å². The molecule has 0 saturated carbocycles. The Morgan fingerprint density at radius 2 is 2.11 bits per heavy atom. The third-order valence-electron chi connectivity index (χ3n) is 4.63. The zero-order valence-electron chi connectivity index (χ0n) is 13.0. The molecular formula is C15H31N3O. The van der Waals surface area contributed by atoms with Gasteiger partial charge in [-0.05, 0) is 59.0 Å². The molecule has 19 heavy (non-hydrogen) atoms. The Morgan fingerprint density at radius 1 is 1.42 bits per heavy atom. The number of nitrogens with two attached hydrogens (primary N) is 1. The van der Waals surface area contributed by atoms with Gasteiger partial charge in [0.15, 0.2) is 0 Å². The molecule has 1 saturated heterocycles. The number of carbonyl (C=O) groups excluding carboxylic acids is 1. The van der Waals surface area contributed by atoms with Gasteiger partial charge in [-0.3, -0.25) is 9.69 Å². The first kappa shape index (κ1) is 16.4. The first-order valence-corrected chi connectivity index (χ1v) is 7.75. The van der Waals surface area contributed by atoms with Crippen molar-refractivity contribution in [1.29, 1.82) is 0 Å². The highest BCUT2D eigenvalue weighted by Gasteiger charge is 2.32. The van der Waals surface area contributed by atoms with Crippen LogP contribution in [-0.2, 0) is 4.79 Å². The number of amides is 1. The molecule has 0 aliphatic carbocycles. The number of nitrogens with zero attached hydrogens (tertiary/aromatic N) is 1. The van der Waals surface area contributed by atoms with Gasteiger partial charge >= 0.3 is 0 Å². The van der Waals surface area contributed by atoms with Crippen LogP contribution in [0, 0.1) is 0 Å². The Morgan fingerprint density at radius 3 is 2.63 bits per heavy atom. The van der Waals surface area contributed by atoms with E-state index in [0.29, 0.717) is 6.04 Å². The molecule has 1 fully saturated rings. The van der Waals surface area contributed by atoms with Crippen LogP contribution in [0.3, 0.4) is 0 Å². The summed E-state index contributed by atoms with van der Waals surface area (Å²) in [5.74, 6) is -0.240. The third kappa shape index (κ3) is 4.18. The zero-order chi connectivity index (χ0) is 14.5. The number of rotatable bonds is 8. The van der Waals surface area contributed by atoms with Gasteiger partial charge in [0, 0.05) is 12.1 Å². The van der Waals surface area contributed by atoms with Crippen LogP contribution in [-0.4, -0.2) is 41.5 Å². The molecule has 3 N–H and O–H groups in total. The Kier molecular flexibility index (Phi) is 6.27. The third-order valence-corrected chi connectivity index (χ3v) is 4.63. The minimum Gasteiger partial charge on any atom is -0.368 e. The van der Waals surface area contributed by atoms with Crippen LogP contribution in [0.4, 0.5) is 0 Å². The van der Waals surface area contributed by atoms with E-state index in [1.54, 1.807) is 0 Å². The number of nitrogens with one attached hydrogen (secondary N) is 1. The summed E-state index contributed by atoms with van der Waals surface area (Å²) in [6.07, 6.45) is 5.69. The van der Waals surface area contributed by atoms with Crippen molar-refractivity contribution in [2.75, 3.05) is 13.1 Å². The van der Waals surface area contributed by atoms with Gasteiger partial charge in [0.2, 0.25) is 5.91 Å². The molecule has 0 aromatic rings. The molecule has 0 aromatic heterocycles. The van der Waals surface area contributed by atoms with Crippen molar-refractivity contribution in [3.05, 3.63) is 0 Å². The number of hydrogen-bond acceptors (Lipinski definition) is 3. The predicted octanol–water partition coefficient (Wildman–Crippen LogP) is 1.88. The number of primary amides is 1. The highest BCUT2D eigenvalue weighted by atomic mass is 16.1. The molecule has 1 amide bonds. The molecule has 1 rings (SSSR count). The van der Waals surface area contributed by atoms with Crippen LogP contribution in [0.5, 0.6) is 0 Å². The summed E-state index contributed by atoms with van der Waals surface area (Å²) in [6, 6.07) is 1.41. The van der Waals surface area contributed by atoms with Crippen molar-refractivity contribution >= 4 is 5.91 Å². The Hall–Kier alpha value is -0.610. The Balaban J connectivity index is 2.45. The summed E-state index contributed by atoms with van der Waals surface area (Å²) < 4.78 is 0. The van der Waals surface area contributed by atoms with Gasteiger partial charge in [-0.2, -0.15) is 0 Å². The topological polar surface area (TPSA) is 58.4 Å². The quantitative estimate of drug-likeness (QED) is 0.707. The van der Waals surface area contributed by atoms with Crippen molar-refractivity contribution < 1.29 is 4.79 Å². The largest absolute Gasteiger partial charge is 0.368 e. The molecule has 0 spiro atoms. The Labute approximate surface area is 118 Å². The van der Waals surface area contributed by atoms with Gasteiger partial charge in [-0.15, -0.1) is 0 Å². The number of carbonyl (C=O) groups is 1. The smallest absolute Gasteiger partial charge is 0.237 e. The number of hydrogen-bond donors (Lipinski definition) is 2. The molecule has 4 heteroatoms. The van der Waals surface area contributed by atoms with Crippen LogP contribution in [0.2, 0.25) is 0 Å². The van der Waals surface area contributed by atoms with Crippen molar-refractivity contribution in [3.8, 4) is 0 Å². The monoisotopic (exact) mass is 269 g/mol. The second kappa shape index (κ2) is 7.25. The first-order valence-electron chi connectivity index (χ1n) is 7.75. The average molecular weight is 269 g/mol. The second-order valence-electron chi connectivity index (χ2n) is 6.06. The highest BCUT2D eigenvalue weighted by molar-refractivity contribution is 5.84. The summed E-state index contributed by atoms with van der Waals surface area (Å²) in [4.78, 5) is 14.2. The summed E-state index contributed by atoms with van der Waals surface area (Å²) in [5, 5.41) is 3.23. The lowest BCUT2D eigenvalue weighted by molar-refractivity contribution is -0.124. The molecule has 1 heterocycles. The molecule has 3 unspecified atom stereocenters. The van der Waals surface area contributed by atoms with E-state index in [0.717, 1.165) is 32.0 Å². The van der Waals surface area contributed by atoms with E-state index in [1.807, 2.05) is 13.8 Å². The second-order valence-corrected chi connectivity index (χ2v) is 6.06. The minimum absolute atomic E-state index is 0.240. The predicted molar refractivity (Wildman–Crippen MR) is 80.0 cm³/mol. The summed E-state index contributed by atoms with van der Waals surface area (Å²) in [6.45, 7) is 10.4. The van der Waals surface area contributed by atoms with Crippen LogP contribution in [0.15, 0.2) is 0 Å². The SMILES string of the molecule is CCNC(C)(CCCN1C(C)CCC1CC)C(N)=O. The van der Waals surface area contributed by atoms with Crippen molar-refractivity contribution in [1.82, 2.24) is 10.2 Å². The summed E-state index contributed by atoms with van der Waals surface area (Å²) in [7, 11) is 0. The molecule has 0 bridgehead atoms. The van der Waals surface area contributed by atoms with E-state index in [-0.39, 0.29) is 5.91 Å². The molecule has 3 atom stereocenters. The van der Waals surface area contributed by atoms with Gasteiger partial charge in [0.25, 0.3) is 0 Å². The fourth-order valence-electron chi connectivity index (χ4n) is 3.27. The van der Waals surface area contributed by atoms with Gasteiger partial charge < -0.3 is 11.1 Å². The Bertz CT molecular complexity index is 295. The van der Waals surface area contributed by atoms with Crippen LogP contribution < -0.4 is 11.1 Å². The van der Waals surface area contributed by atoms with E-state index in [2.05, 4.69) is 24.1 Å². The molecule has 112 valence electrons. The maximum Gasteiger partial charge on any atom is 0.237 e. The van der Waals surface area contributed by atoms with Gasteiger partial charge in [-0.25, -0.2) is 0 Å². The van der Waals surface area contributed by atoms with E-state index in [1.165, 1.54) is 19.3 Å². The lowest BCUT2D eigenvalue weighted by Crippen LogP contribution is -2.53. The van der Waals surface area contributed by atoms with E-state index in [4.69, 9.17) is 5.73 Å². The molecule has 0 aromatic carbocycles. The molecule has 0 radical (unpaired) electrons.